The highest BCUT2D eigenvalue weighted by Crippen LogP contribution is 2.29. The molecule has 1 aliphatic heterocycles. The van der Waals surface area contributed by atoms with Crippen molar-refractivity contribution in [1.29, 1.82) is 0 Å². The molecule has 0 saturated carbocycles. The van der Waals surface area contributed by atoms with Gasteiger partial charge in [-0.3, -0.25) is 0 Å². The van der Waals surface area contributed by atoms with Crippen molar-refractivity contribution in [3.8, 4) is 5.75 Å². The standard InChI is InChI=1S/C10H11NO3S/c11-4-5-14-9-2-1-8-3-6-15(12,13)10(8)7-9/h1-3,6-7H,4-5,11H2. The summed E-state index contributed by atoms with van der Waals surface area (Å²) in [5.74, 6) is 0.534. The van der Waals surface area contributed by atoms with Gasteiger partial charge in [-0.25, -0.2) is 8.42 Å². The van der Waals surface area contributed by atoms with Crippen LogP contribution < -0.4 is 10.5 Å². The zero-order chi connectivity index (χ0) is 10.9. The minimum atomic E-state index is -3.24. The van der Waals surface area contributed by atoms with Crippen molar-refractivity contribution in [3.63, 3.8) is 0 Å². The Kier molecular flexibility index (Phi) is 2.50. The van der Waals surface area contributed by atoms with Crippen LogP contribution in [0.1, 0.15) is 5.56 Å². The van der Waals surface area contributed by atoms with Gasteiger partial charge in [0.2, 0.25) is 9.84 Å². The molecule has 0 amide bonds. The SMILES string of the molecule is NCCOc1ccc2c(c1)S(=O)(=O)C=C2. The Morgan fingerprint density at radius 3 is 2.87 bits per heavy atom. The van der Waals surface area contributed by atoms with Crippen molar-refractivity contribution in [1.82, 2.24) is 0 Å². The molecule has 2 rings (SSSR count). The predicted molar refractivity (Wildman–Crippen MR) is 57.2 cm³/mol. The Hall–Kier alpha value is -1.33. The molecule has 1 aliphatic rings. The van der Waals surface area contributed by atoms with Gasteiger partial charge in [0.1, 0.15) is 12.4 Å². The van der Waals surface area contributed by atoms with Crippen LogP contribution in [0.3, 0.4) is 0 Å². The Morgan fingerprint density at radius 1 is 1.33 bits per heavy atom. The fourth-order valence-electron chi connectivity index (χ4n) is 1.40. The number of sulfone groups is 1. The van der Waals surface area contributed by atoms with Gasteiger partial charge in [0.25, 0.3) is 0 Å². The van der Waals surface area contributed by atoms with Gasteiger partial charge in [-0.05, 0) is 29.8 Å². The normalized spacial score (nSPS) is 16.3. The zero-order valence-corrected chi connectivity index (χ0v) is 8.83. The average molecular weight is 225 g/mol. The molecule has 5 heteroatoms. The summed E-state index contributed by atoms with van der Waals surface area (Å²) in [7, 11) is -3.24. The second kappa shape index (κ2) is 3.67. The first-order valence-electron chi connectivity index (χ1n) is 4.53. The van der Waals surface area contributed by atoms with E-state index in [4.69, 9.17) is 10.5 Å². The van der Waals surface area contributed by atoms with Crippen LogP contribution in [0, 0.1) is 0 Å². The quantitative estimate of drug-likeness (QED) is 0.825. The number of rotatable bonds is 3. The fraction of sp³-hybridized carbons (Fsp3) is 0.200. The largest absolute Gasteiger partial charge is 0.492 e. The van der Waals surface area contributed by atoms with Crippen LogP contribution in [0.4, 0.5) is 0 Å². The van der Waals surface area contributed by atoms with Gasteiger partial charge in [0, 0.05) is 12.0 Å². The first-order chi connectivity index (χ1) is 7.13. The number of nitrogens with two attached hydrogens (primary N) is 1. The summed E-state index contributed by atoms with van der Waals surface area (Å²) >= 11 is 0. The van der Waals surface area contributed by atoms with E-state index in [1.807, 2.05) is 0 Å². The number of fused-ring (bicyclic) bond motifs is 1. The summed E-state index contributed by atoms with van der Waals surface area (Å²) in [4.78, 5) is 0.303. The summed E-state index contributed by atoms with van der Waals surface area (Å²) in [6.07, 6.45) is 1.58. The van der Waals surface area contributed by atoms with E-state index in [1.165, 1.54) is 11.5 Å². The summed E-state index contributed by atoms with van der Waals surface area (Å²) < 4.78 is 28.3. The van der Waals surface area contributed by atoms with Crippen LogP contribution in [-0.4, -0.2) is 21.6 Å². The van der Waals surface area contributed by atoms with Crippen LogP contribution in [0.15, 0.2) is 28.5 Å². The molecule has 80 valence electrons. The van der Waals surface area contributed by atoms with E-state index in [1.54, 1.807) is 18.2 Å². The third kappa shape index (κ3) is 1.88. The van der Waals surface area contributed by atoms with Crippen molar-refractivity contribution in [2.75, 3.05) is 13.2 Å². The summed E-state index contributed by atoms with van der Waals surface area (Å²) in [5, 5.41) is 1.20. The van der Waals surface area contributed by atoms with E-state index < -0.39 is 9.84 Å². The molecule has 0 aliphatic carbocycles. The van der Waals surface area contributed by atoms with Gasteiger partial charge in [-0.2, -0.15) is 0 Å². The molecular formula is C10H11NO3S. The fourth-order valence-corrected chi connectivity index (χ4v) is 2.62. The molecule has 1 heterocycles. The lowest BCUT2D eigenvalue weighted by Crippen LogP contribution is -2.10. The summed E-state index contributed by atoms with van der Waals surface area (Å²) in [6.45, 7) is 0.786. The van der Waals surface area contributed by atoms with E-state index in [9.17, 15) is 8.42 Å². The van der Waals surface area contributed by atoms with Gasteiger partial charge in [0.15, 0.2) is 0 Å². The van der Waals surface area contributed by atoms with Crippen LogP contribution >= 0.6 is 0 Å². The number of hydrogen-bond donors (Lipinski definition) is 1. The number of benzene rings is 1. The maximum Gasteiger partial charge on any atom is 0.200 e. The van der Waals surface area contributed by atoms with Crippen LogP contribution in [0.25, 0.3) is 6.08 Å². The molecule has 0 bridgehead atoms. The van der Waals surface area contributed by atoms with Crippen molar-refractivity contribution in [3.05, 3.63) is 29.2 Å². The third-order valence-electron chi connectivity index (χ3n) is 2.10. The minimum Gasteiger partial charge on any atom is -0.492 e. The lowest BCUT2D eigenvalue weighted by Gasteiger charge is -2.06. The first-order valence-corrected chi connectivity index (χ1v) is 6.08. The van der Waals surface area contributed by atoms with E-state index in [2.05, 4.69) is 0 Å². The Morgan fingerprint density at radius 2 is 2.13 bits per heavy atom. The summed E-state index contributed by atoms with van der Waals surface area (Å²) in [5.41, 5.74) is 5.99. The highest BCUT2D eigenvalue weighted by molar-refractivity contribution is 7.94. The molecule has 0 saturated heterocycles. The Balaban J connectivity index is 2.36. The number of hydrogen-bond acceptors (Lipinski definition) is 4. The van der Waals surface area contributed by atoms with Crippen molar-refractivity contribution < 1.29 is 13.2 Å². The molecule has 0 unspecified atom stereocenters. The lowest BCUT2D eigenvalue weighted by atomic mass is 10.2. The van der Waals surface area contributed by atoms with Gasteiger partial charge in [0.05, 0.1) is 4.90 Å². The highest BCUT2D eigenvalue weighted by atomic mass is 32.2. The third-order valence-corrected chi connectivity index (χ3v) is 3.57. The molecule has 2 N–H and O–H groups in total. The molecule has 0 aromatic heterocycles. The minimum absolute atomic E-state index is 0.303. The lowest BCUT2D eigenvalue weighted by molar-refractivity contribution is 0.327. The molecule has 15 heavy (non-hydrogen) atoms. The Bertz CT molecular complexity index is 505. The van der Waals surface area contributed by atoms with Gasteiger partial charge in [-0.1, -0.05) is 0 Å². The van der Waals surface area contributed by atoms with Gasteiger partial charge >= 0.3 is 0 Å². The molecule has 0 spiro atoms. The summed E-state index contributed by atoms with van der Waals surface area (Å²) in [6, 6.07) is 4.99. The molecule has 0 atom stereocenters. The van der Waals surface area contributed by atoms with Crippen LogP contribution in [-0.2, 0) is 9.84 Å². The Labute approximate surface area is 88.3 Å². The topological polar surface area (TPSA) is 69.4 Å². The highest BCUT2D eigenvalue weighted by Gasteiger charge is 2.20. The smallest absolute Gasteiger partial charge is 0.200 e. The maximum atomic E-state index is 11.5. The van der Waals surface area contributed by atoms with Crippen molar-refractivity contribution in [2.45, 2.75) is 4.90 Å². The average Bonchev–Trinajstić information content (AvgIpc) is 2.52. The van der Waals surface area contributed by atoms with Crippen LogP contribution in [0.5, 0.6) is 5.75 Å². The van der Waals surface area contributed by atoms with Crippen molar-refractivity contribution in [2.24, 2.45) is 5.73 Å². The maximum absolute atomic E-state index is 11.5. The van der Waals surface area contributed by atoms with E-state index in [0.29, 0.717) is 29.4 Å². The predicted octanol–water partition coefficient (Wildman–Crippen LogP) is 0.782. The molecular weight excluding hydrogens is 214 g/mol. The first kappa shape index (κ1) is 10.2. The molecule has 0 fully saturated rings. The second-order valence-electron chi connectivity index (χ2n) is 3.18. The number of ether oxygens (including phenoxy) is 1. The molecule has 0 radical (unpaired) electrons. The zero-order valence-electron chi connectivity index (χ0n) is 8.01. The van der Waals surface area contributed by atoms with E-state index in [-0.39, 0.29) is 0 Å². The van der Waals surface area contributed by atoms with Crippen LogP contribution in [0.2, 0.25) is 0 Å². The van der Waals surface area contributed by atoms with Gasteiger partial charge in [-0.15, -0.1) is 0 Å². The molecule has 1 aromatic carbocycles. The molecule has 1 aromatic rings. The van der Waals surface area contributed by atoms with E-state index in [0.717, 1.165) is 0 Å². The second-order valence-corrected chi connectivity index (χ2v) is 4.99. The monoisotopic (exact) mass is 225 g/mol. The van der Waals surface area contributed by atoms with E-state index >= 15 is 0 Å². The van der Waals surface area contributed by atoms with Gasteiger partial charge < -0.3 is 10.5 Å². The van der Waals surface area contributed by atoms with Crippen molar-refractivity contribution >= 4 is 15.9 Å². The molecule has 4 nitrogen and oxygen atoms in total.